The second-order valence-electron chi connectivity index (χ2n) is 8.81. The summed E-state index contributed by atoms with van der Waals surface area (Å²) in [5, 5.41) is 0. The van der Waals surface area contributed by atoms with E-state index in [0.717, 1.165) is 17.9 Å². The minimum atomic E-state index is 0.942. The van der Waals surface area contributed by atoms with Crippen molar-refractivity contribution in [3.05, 3.63) is 96.1 Å². The summed E-state index contributed by atoms with van der Waals surface area (Å²) in [6, 6.07) is 18.0. The fourth-order valence-electron chi connectivity index (χ4n) is 4.89. The third kappa shape index (κ3) is 4.93. The SMILES string of the molecule is C=C(C1=CC=CC1)c1ccc(-c2ccc(C(=CC)CCC3CCCCC3)cc2)cc1. The molecule has 0 bridgehead atoms. The van der Waals surface area contributed by atoms with Gasteiger partial charge in [0.15, 0.2) is 0 Å². The second-order valence-corrected chi connectivity index (χ2v) is 8.81. The molecule has 0 aliphatic heterocycles. The van der Waals surface area contributed by atoms with Gasteiger partial charge in [0, 0.05) is 0 Å². The molecule has 0 aromatic heterocycles. The highest BCUT2D eigenvalue weighted by Crippen LogP contribution is 2.32. The van der Waals surface area contributed by atoms with Crippen molar-refractivity contribution in [2.75, 3.05) is 0 Å². The minimum Gasteiger partial charge on any atom is -0.0909 e. The Morgan fingerprint density at radius 2 is 1.53 bits per heavy atom. The first-order valence-electron chi connectivity index (χ1n) is 11.7. The van der Waals surface area contributed by atoms with Crippen molar-refractivity contribution in [2.45, 2.75) is 58.3 Å². The van der Waals surface area contributed by atoms with Crippen molar-refractivity contribution in [1.82, 2.24) is 0 Å². The standard InChI is InChI=1S/C30H34/c1-3-25(14-13-24-9-5-4-6-10-24)28-19-21-30(22-20-28)29-17-15-27(16-18-29)23(2)26-11-7-8-12-26/h3,7-8,11,15-22,24H,2,4-6,9-10,12-14H2,1H3. The highest BCUT2D eigenvalue weighted by Gasteiger charge is 2.14. The van der Waals surface area contributed by atoms with E-state index >= 15 is 0 Å². The Hall–Kier alpha value is -2.60. The van der Waals surface area contributed by atoms with Gasteiger partial charge in [-0.15, -0.1) is 0 Å². The first-order valence-corrected chi connectivity index (χ1v) is 11.7. The van der Waals surface area contributed by atoms with Gasteiger partial charge in [-0.1, -0.05) is 112 Å². The normalized spacial score (nSPS) is 17.2. The molecule has 0 heteroatoms. The predicted molar refractivity (Wildman–Crippen MR) is 132 cm³/mol. The Balaban J connectivity index is 1.40. The summed E-state index contributed by atoms with van der Waals surface area (Å²) >= 11 is 0. The van der Waals surface area contributed by atoms with E-state index in [1.54, 1.807) is 0 Å². The van der Waals surface area contributed by atoms with Crippen molar-refractivity contribution in [2.24, 2.45) is 5.92 Å². The van der Waals surface area contributed by atoms with Gasteiger partial charge < -0.3 is 0 Å². The van der Waals surface area contributed by atoms with Gasteiger partial charge >= 0.3 is 0 Å². The van der Waals surface area contributed by atoms with E-state index < -0.39 is 0 Å². The van der Waals surface area contributed by atoms with Crippen LogP contribution in [0.1, 0.15) is 69.4 Å². The number of hydrogen-bond donors (Lipinski definition) is 0. The fraction of sp³-hybridized carbons (Fsp3) is 0.333. The summed E-state index contributed by atoms with van der Waals surface area (Å²) < 4.78 is 0. The van der Waals surface area contributed by atoms with Crippen molar-refractivity contribution in [1.29, 1.82) is 0 Å². The lowest BCUT2D eigenvalue weighted by Gasteiger charge is -2.22. The van der Waals surface area contributed by atoms with Gasteiger partial charge in [-0.25, -0.2) is 0 Å². The maximum Gasteiger partial charge on any atom is -0.00884 e. The van der Waals surface area contributed by atoms with Crippen LogP contribution in [-0.2, 0) is 0 Å². The summed E-state index contributed by atoms with van der Waals surface area (Å²) in [4.78, 5) is 0. The molecule has 2 aliphatic rings. The van der Waals surface area contributed by atoms with Crippen LogP contribution in [0, 0.1) is 5.92 Å². The van der Waals surface area contributed by atoms with Crippen LogP contribution in [0.4, 0.5) is 0 Å². The van der Waals surface area contributed by atoms with E-state index in [1.807, 2.05) is 0 Å². The molecule has 0 unspecified atom stereocenters. The molecule has 2 aliphatic carbocycles. The molecule has 0 spiro atoms. The lowest BCUT2D eigenvalue weighted by molar-refractivity contribution is 0.342. The largest absolute Gasteiger partial charge is 0.0909 e. The summed E-state index contributed by atoms with van der Waals surface area (Å²) in [7, 11) is 0. The van der Waals surface area contributed by atoms with Crippen molar-refractivity contribution >= 4 is 11.1 Å². The Morgan fingerprint density at radius 3 is 2.10 bits per heavy atom. The van der Waals surface area contributed by atoms with Crippen molar-refractivity contribution in [3.63, 3.8) is 0 Å². The summed E-state index contributed by atoms with van der Waals surface area (Å²) in [5.41, 5.74) is 9.09. The molecule has 0 radical (unpaired) electrons. The van der Waals surface area contributed by atoms with E-state index in [2.05, 4.69) is 86.3 Å². The van der Waals surface area contributed by atoms with Gasteiger partial charge in [0.1, 0.15) is 0 Å². The maximum absolute atomic E-state index is 4.29. The van der Waals surface area contributed by atoms with Gasteiger partial charge in [-0.3, -0.25) is 0 Å². The molecule has 0 amide bonds. The van der Waals surface area contributed by atoms with Gasteiger partial charge in [-0.05, 0) is 71.1 Å². The number of hydrogen-bond acceptors (Lipinski definition) is 0. The quantitative estimate of drug-likeness (QED) is 0.439. The minimum absolute atomic E-state index is 0.942. The van der Waals surface area contributed by atoms with Crippen LogP contribution in [0.3, 0.4) is 0 Å². The molecule has 0 heterocycles. The lowest BCUT2D eigenvalue weighted by Crippen LogP contribution is -2.06. The molecule has 4 rings (SSSR count). The van der Waals surface area contributed by atoms with E-state index in [9.17, 15) is 0 Å². The molecule has 30 heavy (non-hydrogen) atoms. The van der Waals surface area contributed by atoms with Crippen molar-refractivity contribution in [3.8, 4) is 11.1 Å². The van der Waals surface area contributed by atoms with E-state index in [4.69, 9.17) is 0 Å². The molecule has 1 fully saturated rings. The molecule has 154 valence electrons. The zero-order chi connectivity index (χ0) is 20.8. The predicted octanol–water partition coefficient (Wildman–Crippen LogP) is 9.02. The van der Waals surface area contributed by atoms with E-state index in [1.165, 1.54) is 78.3 Å². The second kappa shape index (κ2) is 9.94. The van der Waals surface area contributed by atoms with Gasteiger partial charge in [-0.2, -0.15) is 0 Å². The first-order chi connectivity index (χ1) is 14.7. The molecular weight excluding hydrogens is 360 g/mol. The van der Waals surface area contributed by atoms with Gasteiger partial charge in [0.05, 0.1) is 0 Å². The molecule has 0 atom stereocenters. The Morgan fingerprint density at radius 1 is 0.900 bits per heavy atom. The highest BCUT2D eigenvalue weighted by atomic mass is 14.2. The molecule has 2 aromatic rings. The third-order valence-electron chi connectivity index (χ3n) is 6.88. The topological polar surface area (TPSA) is 0 Å². The molecular formula is C30H34. The van der Waals surface area contributed by atoms with Crippen molar-refractivity contribution < 1.29 is 0 Å². The van der Waals surface area contributed by atoms with Crippen LogP contribution in [0.5, 0.6) is 0 Å². The van der Waals surface area contributed by atoms with E-state index in [0.29, 0.717) is 0 Å². The van der Waals surface area contributed by atoms with Gasteiger partial charge in [0.2, 0.25) is 0 Å². The summed E-state index contributed by atoms with van der Waals surface area (Å²) in [6.45, 7) is 6.47. The number of benzene rings is 2. The van der Waals surface area contributed by atoms with Crippen LogP contribution >= 0.6 is 0 Å². The molecule has 1 saturated carbocycles. The Bertz CT molecular complexity index is 942. The first kappa shape index (κ1) is 20.7. The average Bonchev–Trinajstić information content (AvgIpc) is 3.35. The monoisotopic (exact) mass is 394 g/mol. The number of rotatable bonds is 7. The third-order valence-corrected chi connectivity index (χ3v) is 6.88. The van der Waals surface area contributed by atoms with Crippen LogP contribution in [-0.4, -0.2) is 0 Å². The van der Waals surface area contributed by atoms with Crippen LogP contribution in [0.15, 0.2) is 85.0 Å². The zero-order valence-corrected chi connectivity index (χ0v) is 18.4. The molecule has 0 N–H and O–H groups in total. The summed E-state index contributed by atoms with van der Waals surface area (Å²) in [5.74, 6) is 0.942. The molecule has 2 aromatic carbocycles. The Labute approximate surface area is 182 Å². The fourth-order valence-corrected chi connectivity index (χ4v) is 4.89. The van der Waals surface area contributed by atoms with Crippen LogP contribution < -0.4 is 0 Å². The smallest absolute Gasteiger partial charge is 0.00884 e. The highest BCUT2D eigenvalue weighted by molar-refractivity contribution is 5.80. The Kier molecular flexibility index (Phi) is 6.84. The molecule has 0 nitrogen and oxygen atoms in total. The van der Waals surface area contributed by atoms with Gasteiger partial charge in [0.25, 0.3) is 0 Å². The molecule has 0 saturated heterocycles. The zero-order valence-electron chi connectivity index (χ0n) is 18.4. The van der Waals surface area contributed by atoms with Crippen LogP contribution in [0.25, 0.3) is 22.3 Å². The van der Waals surface area contributed by atoms with Crippen LogP contribution in [0.2, 0.25) is 0 Å². The maximum atomic E-state index is 4.29. The van der Waals surface area contributed by atoms with E-state index in [-0.39, 0.29) is 0 Å². The lowest BCUT2D eigenvalue weighted by atomic mass is 9.84. The summed E-state index contributed by atoms with van der Waals surface area (Å²) in [6.07, 6.45) is 19.5. The average molecular weight is 395 g/mol. The number of allylic oxidation sites excluding steroid dienone is 7.